The first-order valence-corrected chi connectivity index (χ1v) is 12.1. The van der Waals surface area contributed by atoms with Crippen molar-refractivity contribution in [1.82, 2.24) is 0 Å². The van der Waals surface area contributed by atoms with E-state index in [1.54, 1.807) is 0 Å². The van der Waals surface area contributed by atoms with E-state index in [9.17, 15) is 0 Å². The molecule has 0 saturated heterocycles. The zero-order valence-electron chi connectivity index (χ0n) is 18.0. The van der Waals surface area contributed by atoms with E-state index in [0.29, 0.717) is 0 Å². The first-order chi connectivity index (χ1) is 16.4. The molecule has 154 valence electrons. The van der Waals surface area contributed by atoms with E-state index in [2.05, 4.69) is 126 Å². The minimum atomic E-state index is 0.189. The standard InChI is InChI=1S/C30H20BNS/c1-2-11-21(12-3-1)32-27-18-7-5-15-24(27)31(25-16-6-8-19-28(25)32)26-17-10-14-23-22-13-4-9-20-29(22)33-30(23)26/h1-20H. The number of fused-ring (bicyclic) bond motifs is 5. The quantitative estimate of drug-likeness (QED) is 0.285. The molecule has 2 heterocycles. The van der Waals surface area contributed by atoms with E-state index in [1.807, 2.05) is 11.3 Å². The Morgan fingerprint density at radius 2 is 1.06 bits per heavy atom. The van der Waals surface area contributed by atoms with Crippen molar-refractivity contribution in [3.8, 4) is 0 Å². The van der Waals surface area contributed by atoms with Gasteiger partial charge in [-0.2, -0.15) is 0 Å². The maximum Gasteiger partial charge on any atom is 0.248 e. The Morgan fingerprint density at radius 1 is 0.485 bits per heavy atom. The molecule has 0 fully saturated rings. The van der Waals surface area contributed by atoms with E-state index in [4.69, 9.17) is 0 Å². The fourth-order valence-electron chi connectivity index (χ4n) is 5.35. The lowest BCUT2D eigenvalue weighted by molar-refractivity contribution is 1.29. The van der Waals surface area contributed by atoms with Crippen molar-refractivity contribution in [3.63, 3.8) is 0 Å². The van der Waals surface area contributed by atoms with E-state index in [1.165, 1.54) is 53.6 Å². The third kappa shape index (κ3) is 2.79. The molecule has 0 amide bonds. The van der Waals surface area contributed by atoms with Crippen LogP contribution in [0.4, 0.5) is 17.1 Å². The molecule has 0 aliphatic carbocycles. The van der Waals surface area contributed by atoms with Crippen molar-refractivity contribution in [2.24, 2.45) is 0 Å². The molecule has 0 spiro atoms. The summed E-state index contributed by atoms with van der Waals surface area (Å²) in [5.41, 5.74) is 7.79. The zero-order valence-corrected chi connectivity index (χ0v) is 18.8. The normalized spacial score (nSPS) is 12.7. The summed E-state index contributed by atoms with van der Waals surface area (Å²) in [6, 6.07) is 44.1. The van der Waals surface area contributed by atoms with Gasteiger partial charge < -0.3 is 4.90 Å². The Labute approximate surface area is 197 Å². The summed E-state index contributed by atoms with van der Waals surface area (Å²) in [6.45, 7) is 0.189. The first-order valence-electron chi connectivity index (χ1n) is 11.3. The van der Waals surface area contributed by atoms with Gasteiger partial charge in [0.1, 0.15) is 0 Å². The molecule has 7 rings (SSSR count). The molecule has 33 heavy (non-hydrogen) atoms. The third-order valence-electron chi connectivity index (χ3n) is 6.74. The summed E-state index contributed by atoms with van der Waals surface area (Å²) in [6.07, 6.45) is 0. The second kappa shape index (κ2) is 7.36. The lowest BCUT2D eigenvalue weighted by Crippen LogP contribution is -2.57. The smallest absolute Gasteiger partial charge is 0.248 e. The third-order valence-corrected chi connectivity index (χ3v) is 7.97. The van der Waals surface area contributed by atoms with E-state index >= 15 is 0 Å². The molecule has 0 N–H and O–H groups in total. The Bertz CT molecular complexity index is 1590. The largest absolute Gasteiger partial charge is 0.312 e. The van der Waals surface area contributed by atoms with Gasteiger partial charge in [0.2, 0.25) is 6.71 Å². The van der Waals surface area contributed by atoms with Crippen LogP contribution in [0.5, 0.6) is 0 Å². The number of benzene rings is 5. The monoisotopic (exact) mass is 437 g/mol. The van der Waals surface area contributed by atoms with Gasteiger partial charge in [0.15, 0.2) is 0 Å². The topological polar surface area (TPSA) is 3.24 Å². The second-order valence-electron chi connectivity index (χ2n) is 8.54. The second-order valence-corrected chi connectivity index (χ2v) is 9.60. The van der Waals surface area contributed by atoms with Gasteiger partial charge >= 0.3 is 0 Å². The minimum absolute atomic E-state index is 0.189. The predicted octanol–water partition coefficient (Wildman–Crippen LogP) is 6.35. The molecule has 0 bridgehead atoms. The number of anilines is 3. The van der Waals surface area contributed by atoms with Crippen LogP contribution in [0.15, 0.2) is 121 Å². The average Bonchev–Trinajstić information content (AvgIpc) is 3.27. The number of thiophene rings is 1. The molecule has 0 radical (unpaired) electrons. The molecule has 1 aliphatic heterocycles. The number of hydrogen-bond donors (Lipinski definition) is 0. The van der Waals surface area contributed by atoms with E-state index < -0.39 is 0 Å². The van der Waals surface area contributed by atoms with Crippen LogP contribution in [-0.2, 0) is 0 Å². The van der Waals surface area contributed by atoms with Crippen molar-refractivity contribution in [2.75, 3.05) is 4.90 Å². The fourth-order valence-corrected chi connectivity index (χ4v) is 6.60. The first kappa shape index (κ1) is 18.7. The summed E-state index contributed by atoms with van der Waals surface area (Å²) in [5.74, 6) is 0. The van der Waals surface area contributed by atoms with Crippen molar-refractivity contribution < 1.29 is 0 Å². The molecule has 0 unspecified atom stereocenters. The average molecular weight is 437 g/mol. The number of nitrogens with zero attached hydrogens (tertiary/aromatic N) is 1. The highest BCUT2D eigenvalue weighted by Crippen LogP contribution is 2.37. The van der Waals surface area contributed by atoms with Crippen LogP contribution in [0.25, 0.3) is 20.2 Å². The van der Waals surface area contributed by atoms with Crippen LogP contribution in [0.3, 0.4) is 0 Å². The van der Waals surface area contributed by atoms with Gasteiger partial charge in [-0.25, -0.2) is 0 Å². The summed E-state index contributed by atoms with van der Waals surface area (Å²) >= 11 is 1.91. The molecule has 1 nitrogen and oxygen atoms in total. The highest BCUT2D eigenvalue weighted by Gasteiger charge is 2.35. The summed E-state index contributed by atoms with van der Waals surface area (Å²) in [7, 11) is 0. The maximum atomic E-state index is 2.41. The van der Waals surface area contributed by atoms with Crippen molar-refractivity contribution >= 4 is 71.7 Å². The molecule has 5 aromatic carbocycles. The van der Waals surface area contributed by atoms with Crippen LogP contribution >= 0.6 is 11.3 Å². The highest BCUT2D eigenvalue weighted by atomic mass is 32.1. The van der Waals surface area contributed by atoms with Crippen LogP contribution in [0.2, 0.25) is 0 Å². The zero-order chi connectivity index (χ0) is 21.8. The molecular formula is C30H20BNS. The molecule has 0 saturated carbocycles. The summed E-state index contributed by atoms with van der Waals surface area (Å²) in [5, 5.41) is 2.70. The lowest BCUT2D eigenvalue weighted by atomic mass is 9.35. The van der Waals surface area contributed by atoms with Gasteiger partial charge in [0.25, 0.3) is 0 Å². The van der Waals surface area contributed by atoms with Gasteiger partial charge in [-0.15, -0.1) is 11.3 Å². The van der Waals surface area contributed by atoms with Gasteiger partial charge in [0, 0.05) is 31.8 Å². The maximum absolute atomic E-state index is 2.41. The van der Waals surface area contributed by atoms with Crippen LogP contribution in [0.1, 0.15) is 0 Å². The highest BCUT2D eigenvalue weighted by molar-refractivity contribution is 7.27. The Balaban J connectivity index is 1.54. The summed E-state index contributed by atoms with van der Waals surface area (Å²) in [4.78, 5) is 2.41. The van der Waals surface area contributed by atoms with Crippen molar-refractivity contribution in [3.05, 3.63) is 121 Å². The summed E-state index contributed by atoms with van der Waals surface area (Å²) < 4.78 is 2.74. The van der Waals surface area contributed by atoms with Gasteiger partial charge in [-0.3, -0.25) is 0 Å². The number of hydrogen-bond acceptors (Lipinski definition) is 2. The van der Waals surface area contributed by atoms with Crippen LogP contribution in [-0.4, -0.2) is 6.71 Å². The van der Waals surface area contributed by atoms with Gasteiger partial charge in [0.05, 0.1) is 0 Å². The Hall–Kier alpha value is -3.82. The van der Waals surface area contributed by atoms with E-state index in [0.717, 1.165) is 0 Å². The SMILES string of the molecule is c1ccc(N2c3ccccc3B(c3cccc4c3sc3ccccc34)c3ccccc32)cc1. The van der Waals surface area contributed by atoms with Crippen molar-refractivity contribution in [1.29, 1.82) is 0 Å². The minimum Gasteiger partial charge on any atom is -0.312 e. The van der Waals surface area contributed by atoms with Crippen LogP contribution < -0.4 is 21.3 Å². The molecule has 0 atom stereocenters. The predicted molar refractivity (Wildman–Crippen MR) is 145 cm³/mol. The molecular weight excluding hydrogens is 417 g/mol. The van der Waals surface area contributed by atoms with E-state index in [-0.39, 0.29) is 6.71 Å². The van der Waals surface area contributed by atoms with Crippen LogP contribution in [0, 0.1) is 0 Å². The number of para-hydroxylation sites is 3. The Morgan fingerprint density at radius 3 is 1.82 bits per heavy atom. The molecule has 1 aromatic heterocycles. The van der Waals surface area contributed by atoms with Gasteiger partial charge in [-0.05, 0) is 46.6 Å². The fraction of sp³-hybridized carbons (Fsp3) is 0. The van der Waals surface area contributed by atoms with Crippen molar-refractivity contribution in [2.45, 2.75) is 0 Å². The molecule has 1 aliphatic rings. The molecule has 6 aromatic rings. The molecule has 3 heteroatoms. The number of rotatable bonds is 2. The van der Waals surface area contributed by atoms with Gasteiger partial charge in [-0.1, -0.05) is 96.5 Å². The Kier molecular flexibility index (Phi) is 4.18. The lowest BCUT2D eigenvalue weighted by Gasteiger charge is -2.37.